The van der Waals surface area contributed by atoms with Gasteiger partial charge in [-0.25, -0.2) is 4.98 Å². The fourth-order valence-corrected chi connectivity index (χ4v) is 4.82. The molecule has 0 radical (unpaired) electrons. The lowest BCUT2D eigenvalue weighted by Gasteiger charge is -2.27. The van der Waals surface area contributed by atoms with Gasteiger partial charge in [0, 0.05) is 51.8 Å². The van der Waals surface area contributed by atoms with E-state index in [0.29, 0.717) is 31.7 Å². The van der Waals surface area contributed by atoms with Crippen molar-refractivity contribution in [3.63, 3.8) is 0 Å². The maximum atomic E-state index is 13.6. The zero-order valence-corrected chi connectivity index (χ0v) is 21.2. The van der Waals surface area contributed by atoms with E-state index in [2.05, 4.69) is 9.88 Å². The Hall–Kier alpha value is -3.40. The minimum Gasteiger partial charge on any atom is -0.337 e. The van der Waals surface area contributed by atoms with E-state index in [9.17, 15) is 22.8 Å². The Morgan fingerprint density at radius 3 is 2.46 bits per heavy atom. The second-order valence-electron chi connectivity index (χ2n) is 9.45. The smallest absolute Gasteiger partial charge is 0.337 e. The molecular formula is C27H32F3N5O2. The van der Waals surface area contributed by atoms with E-state index in [1.165, 1.54) is 6.92 Å². The summed E-state index contributed by atoms with van der Waals surface area (Å²) < 4.78 is 42.0. The number of amides is 2. The topological polar surface area (TPSA) is 61.7 Å². The van der Waals surface area contributed by atoms with Gasteiger partial charge < -0.3 is 19.3 Å². The van der Waals surface area contributed by atoms with Gasteiger partial charge in [-0.05, 0) is 50.2 Å². The molecule has 4 rings (SSSR count). The molecule has 10 heteroatoms. The monoisotopic (exact) mass is 515 g/mol. The third-order valence-corrected chi connectivity index (χ3v) is 6.73. The fourth-order valence-electron chi connectivity index (χ4n) is 4.82. The SMILES string of the molecule is CC(=O)N1CCCN(C)CCN(C(=O)CCCn2c(C(F)(F)F)nc3ccccc32)Cc2ccccc21. The number of carbonyl (C=O) groups excluding carboxylic acids is 2. The molecule has 0 bridgehead atoms. The van der Waals surface area contributed by atoms with Gasteiger partial charge in [-0.15, -0.1) is 0 Å². The van der Waals surface area contributed by atoms with Crippen LogP contribution in [0, 0.1) is 0 Å². The lowest BCUT2D eigenvalue weighted by Crippen LogP contribution is -2.37. The molecule has 0 fully saturated rings. The molecule has 2 heterocycles. The van der Waals surface area contributed by atoms with Crippen molar-refractivity contribution in [1.82, 2.24) is 19.4 Å². The molecule has 0 atom stereocenters. The number of aromatic nitrogens is 2. The van der Waals surface area contributed by atoms with Crippen LogP contribution in [0.4, 0.5) is 18.9 Å². The number of anilines is 1. The molecule has 0 saturated heterocycles. The molecule has 198 valence electrons. The first kappa shape index (κ1) is 26.7. The summed E-state index contributed by atoms with van der Waals surface area (Å²) in [6.45, 7) is 4.42. The summed E-state index contributed by atoms with van der Waals surface area (Å²) in [5, 5.41) is 0. The largest absolute Gasteiger partial charge is 0.449 e. The van der Waals surface area contributed by atoms with Crippen LogP contribution < -0.4 is 4.90 Å². The van der Waals surface area contributed by atoms with E-state index < -0.39 is 12.0 Å². The molecule has 3 aromatic rings. The van der Waals surface area contributed by atoms with Crippen molar-refractivity contribution in [3.05, 3.63) is 59.9 Å². The van der Waals surface area contributed by atoms with Crippen LogP contribution in [0.1, 0.15) is 37.6 Å². The maximum absolute atomic E-state index is 13.6. The molecule has 0 spiro atoms. The number of hydrogen-bond acceptors (Lipinski definition) is 4. The summed E-state index contributed by atoms with van der Waals surface area (Å²) in [6.07, 6.45) is -3.43. The number of hydrogen-bond donors (Lipinski definition) is 0. The number of nitrogens with zero attached hydrogens (tertiary/aromatic N) is 5. The van der Waals surface area contributed by atoms with Gasteiger partial charge in [0.25, 0.3) is 0 Å². The van der Waals surface area contributed by atoms with Gasteiger partial charge in [-0.2, -0.15) is 13.2 Å². The third-order valence-electron chi connectivity index (χ3n) is 6.73. The number of alkyl halides is 3. The number of para-hydroxylation sites is 3. The van der Waals surface area contributed by atoms with Crippen LogP contribution in [0.3, 0.4) is 0 Å². The molecule has 0 saturated carbocycles. The van der Waals surface area contributed by atoms with Gasteiger partial charge >= 0.3 is 6.18 Å². The van der Waals surface area contributed by atoms with Crippen molar-refractivity contribution in [2.45, 2.75) is 45.5 Å². The molecule has 1 aliphatic heterocycles. The molecule has 2 amide bonds. The van der Waals surface area contributed by atoms with E-state index in [4.69, 9.17) is 0 Å². The highest BCUT2D eigenvalue weighted by molar-refractivity contribution is 5.92. The van der Waals surface area contributed by atoms with Gasteiger partial charge in [-0.3, -0.25) is 9.59 Å². The van der Waals surface area contributed by atoms with Gasteiger partial charge in [0.1, 0.15) is 0 Å². The Morgan fingerprint density at radius 2 is 1.70 bits per heavy atom. The highest BCUT2D eigenvalue weighted by Gasteiger charge is 2.37. The predicted molar refractivity (Wildman–Crippen MR) is 136 cm³/mol. The van der Waals surface area contributed by atoms with Crippen LogP contribution >= 0.6 is 0 Å². The summed E-state index contributed by atoms with van der Waals surface area (Å²) in [5.41, 5.74) is 2.34. The second-order valence-corrected chi connectivity index (χ2v) is 9.45. The normalized spacial score (nSPS) is 15.9. The lowest BCUT2D eigenvalue weighted by molar-refractivity contribution is -0.147. The van der Waals surface area contributed by atoms with E-state index in [-0.39, 0.29) is 36.7 Å². The summed E-state index contributed by atoms with van der Waals surface area (Å²) in [6, 6.07) is 14.1. The standard InChI is InChI=1S/C27H32F3N5O2/c1-20(36)34-16-8-14-32(2)17-18-33(19-21-9-3-5-11-23(21)34)25(37)13-7-15-35-24-12-6-4-10-22(24)31-26(35)27(28,29)30/h3-6,9-12H,7-8,13-19H2,1-2H3. The maximum Gasteiger partial charge on any atom is 0.449 e. The van der Waals surface area contributed by atoms with Crippen LogP contribution in [-0.2, 0) is 28.9 Å². The number of aryl methyl sites for hydroxylation is 1. The highest BCUT2D eigenvalue weighted by atomic mass is 19.4. The van der Waals surface area contributed by atoms with Gasteiger partial charge in [0.15, 0.2) is 0 Å². The van der Waals surface area contributed by atoms with Crippen LogP contribution in [0.25, 0.3) is 11.0 Å². The second kappa shape index (κ2) is 11.3. The Morgan fingerprint density at radius 1 is 0.973 bits per heavy atom. The van der Waals surface area contributed by atoms with Crippen molar-refractivity contribution in [1.29, 1.82) is 0 Å². The van der Waals surface area contributed by atoms with Gasteiger partial charge in [0.05, 0.1) is 11.0 Å². The van der Waals surface area contributed by atoms with Crippen molar-refractivity contribution >= 4 is 28.5 Å². The van der Waals surface area contributed by atoms with Gasteiger partial charge in [0.2, 0.25) is 17.6 Å². The molecule has 0 aliphatic carbocycles. The number of likely N-dealkylation sites (N-methyl/N-ethyl adjacent to an activating group) is 1. The zero-order chi connectivity index (χ0) is 26.6. The summed E-state index contributed by atoms with van der Waals surface area (Å²) in [4.78, 5) is 35.1. The van der Waals surface area contributed by atoms with Crippen molar-refractivity contribution in [3.8, 4) is 0 Å². The van der Waals surface area contributed by atoms with Crippen LogP contribution in [-0.4, -0.2) is 64.4 Å². The lowest BCUT2D eigenvalue weighted by atomic mass is 10.1. The number of rotatable bonds is 4. The first-order chi connectivity index (χ1) is 17.6. The molecular weight excluding hydrogens is 483 g/mol. The van der Waals surface area contributed by atoms with E-state index in [0.717, 1.165) is 28.8 Å². The molecule has 37 heavy (non-hydrogen) atoms. The van der Waals surface area contributed by atoms with Crippen LogP contribution in [0.15, 0.2) is 48.5 Å². The number of benzene rings is 2. The molecule has 0 N–H and O–H groups in total. The molecule has 2 aromatic carbocycles. The highest BCUT2D eigenvalue weighted by Crippen LogP contribution is 2.32. The van der Waals surface area contributed by atoms with Gasteiger partial charge in [-0.1, -0.05) is 30.3 Å². The number of carbonyl (C=O) groups is 2. The Balaban J connectivity index is 1.52. The number of fused-ring (bicyclic) bond motifs is 2. The number of imidazole rings is 1. The molecule has 7 nitrogen and oxygen atoms in total. The minimum atomic E-state index is -4.59. The first-order valence-corrected chi connectivity index (χ1v) is 12.5. The van der Waals surface area contributed by atoms with Crippen molar-refractivity contribution in [2.75, 3.05) is 38.1 Å². The van der Waals surface area contributed by atoms with Crippen LogP contribution in [0.5, 0.6) is 0 Å². The van der Waals surface area contributed by atoms with E-state index in [1.807, 2.05) is 31.3 Å². The molecule has 1 aromatic heterocycles. The fraction of sp³-hybridized carbons (Fsp3) is 0.444. The van der Waals surface area contributed by atoms with Crippen LogP contribution in [0.2, 0.25) is 0 Å². The summed E-state index contributed by atoms with van der Waals surface area (Å²) >= 11 is 0. The Bertz CT molecular complexity index is 1260. The zero-order valence-electron chi connectivity index (χ0n) is 21.2. The average Bonchev–Trinajstić information content (AvgIpc) is 3.22. The molecule has 1 aliphatic rings. The summed E-state index contributed by atoms with van der Waals surface area (Å²) in [7, 11) is 1.98. The predicted octanol–water partition coefficient (Wildman–Crippen LogP) is 4.55. The van der Waals surface area contributed by atoms with E-state index >= 15 is 0 Å². The number of halogens is 3. The minimum absolute atomic E-state index is 0.0313. The Kier molecular flexibility index (Phi) is 8.16. The Labute approximate surface area is 214 Å². The van der Waals surface area contributed by atoms with Crippen molar-refractivity contribution < 1.29 is 22.8 Å². The molecule has 0 unspecified atom stereocenters. The quantitative estimate of drug-likeness (QED) is 0.512. The third kappa shape index (κ3) is 6.30. The summed E-state index contributed by atoms with van der Waals surface area (Å²) in [5.74, 6) is -1.13. The average molecular weight is 516 g/mol. The first-order valence-electron chi connectivity index (χ1n) is 12.5. The van der Waals surface area contributed by atoms with Crippen molar-refractivity contribution in [2.24, 2.45) is 0 Å². The van der Waals surface area contributed by atoms with E-state index in [1.54, 1.807) is 34.1 Å².